The number of halogens is 1. The summed E-state index contributed by atoms with van der Waals surface area (Å²) in [6.07, 6.45) is 0. The summed E-state index contributed by atoms with van der Waals surface area (Å²) in [7, 11) is 1.57. The molecule has 0 bridgehead atoms. The van der Waals surface area contributed by atoms with E-state index in [0.29, 0.717) is 22.9 Å². The zero-order valence-corrected chi connectivity index (χ0v) is 15.3. The van der Waals surface area contributed by atoms with Crippen LogP contribution in [0.5, 0.6) is 5.75 Å². The van der Waals surface area contributed by atoms with E-state index >= 15 is 0 Å². The summed E-state index contributed by atoms with van der Waals surface area (Å²) in [4.78, 5) is 16.5. The standard InChI is InChI=1S/C20H15FN4O4/c1-27-15-4-2-3-13(9-15)17-10-16(24-28-17)20(26)22-11-18-23-19(25-29-18)12-5-7-14(21)8-6-12/h2-10H,11H2,1H3,(H,22,26). The van der Waals surface area contributed by atoms with Crippen LogP contribution < -0.4 is 10.1 Å². The van der Waals surface area contributed by atoms with E-state index in [1.807, 2.05) is 12.1 Å². The minimum Gasteiger partial charge on any atom is -0.497 e. The van der Waals surface area contributed by atoms with Crippen molar-refractivity contribution >= 4 is 5.91 Å². The second-order valence-corrected chi connectivity index (χ2v) is 6.01. The van der Waals surface area contributed by atoms with E-state index in [4.69, 9.17) is 13.8 Å². The van der Waals surface area contributed by atoms with Crippen LogP contribution in [0.1, 0.15) is 16.4 Å². The molecule has 0 saturated heterocycles. The molecule has 29 heavy (non-hydrogen) atoms. The van der Waals surface area contributed by atoms with E-state index in [-0.39, 0.29) is 23.9 Å². The lowest BCUT2D eigenvalue weighted by Gasteiger charge is -2.00. The Morgan fingerprint density at radius 2 is 1.90 bits per heavy atom. The first-order valence-corrected chi connectivity index (χ1v) is 8.60. The lowest BCUT2D eigenvalue weighted by molar-refractivity contribution is 0.0937. The Morgan fingerprint density at radius 3 is 2.69 bits per heavy atom. The van der Waals surface area contributed by atoms with Gasteiger partial charge in [-0.15, -0.1) is 0 Å². The Labute approximate surface area is 164 Å². The number of nitrogens with one attached hydrogen (secondary N) is 1. The first-order chi connectivity index (χ1) is 14.1. The quantitative estimate of drug-likeness (QED) is 0.534. The third kappa shape index (κ3) is 4.13. The van der Waals surface area contributed by atoms with Crippen molar-refractivity contribution in [3.05, 3.63) is 72.0 Å². The number of carbonyl (C=O) groups excluding carboxylic acids is 1. The summed E-state index contributed by atoms with van der Waals surface area (Å²) in [5, 5.41) is 10.2. The smallest absolute Gasteiger partial charge is 0.273 e. The zero-order valence-electron chi connectivity index (χ0n) is 15.3. The predicted octanol–water partition coefficient (Wildman–Crippen LogP) is 3.47. The lowest BCUT2D eigenvalue weighted by atomic mass is 10.1. The highest BCUT2D eigenvalue weighted by Crippen LogP contribution is 2.24. The van der Waals surface area contributed by atoms with Gasteiger partial charge in [-0.3, -0.25) is 4.79 Å². The van der Waals surface area contributed by atoms with E-state index in [2.05, 4.69) is 20.6 Å². The second-order valence-electron chi connectivity index (χ2n) is 6.01. The molecule has 0 unspecified atom stereocenters. The van der Waals surface area contributed by atoms with Gasteiger partial charge in [0.1, 0.15) is 11.6 Å². The molecule has 0 spiro atoms. The summed E-state index contributed by atoms with van der Waals surface area (Å²) >= 11 is 0. The van der Waals surface area contributed by atoms with Crippen molar-refractivity contribution in [2.24, 2.45) is 0 Å². The van der Waals surface area contributed by atoms with E-state index in [1.54, 1.807) is 19.2 Å². The second kappa shape index (κ2) is 7.93. The monoisotopic (exact) mass is 394 g/mol. The van der Waals surface area contributed by atoms with Crippen molar-refractivity contribution in [2.45, 2.75) is 6.54 Å². The molecule has 2 heterocycles. The fourth-order valence-corrected chi connectivity index (χ4v) is 2.58. The van der Waals surface area contributed by atoms with Gasteiger partial charge >= 0.3 is 0 Å². The van der Waals surface area contributed by atoms with Crippen LogP contribution in [-0.2, 0) is 6.54 Å². The first kappa shape index (κ1) is 18.4. The molecule has 1 N–H and O–H groups in total. The Bertz CT molecular complexity index is 1140. The van der Waals surface area contributed by atoms with Gasteiger partial charge in [0.2, 0.25) is 11.7 Å². The van der Waals surface area contributed by atoms with Gasteiger partial charge < -0.3 is 19.1 Å². The van der Waals surface area contributed by atoms with Crippen LogP contribution in [0.15, 0.2) is 63.6 Å². The molecule has 0 fully saturated rings. The number of amides is 1. The number of aromatic nitrogens is 3. The third-order valence-electron chi connectivity index (χ3n) is 4.07. The van der Waals surface area contributed by atoms with Crippen molar-refractivity contribution in [1.82, 2.24) is 20.6 Å². The molecule has 146 valence electrons. The summed E-state index contributed by atoms with van der Waals surface area (Å²) in [6, 6.07) is 14.4. The average Bonchev–Trinajstić information content (AvgIpc) is 3.43. The zero-order chi connectivity index (χ0) is 20.2. The fraction of sp³-hybridized carbons (Fsp3) is 0.100. The molecule has 0 aliphatic carbocycles. The topological polar surface area (TPSA) is 103 Å². The van der Waals surface area contributed by atoms with Crippen molar-refractivity contribution in [3.8, 4) is 28.5 Å². The van der Waals surface area contributed by atoms with Gasteiger partial charge in [0.15, 0.2) is 11.5 Å². The van der Waals surface area contributed by atoms with Crippen LogP contribution in [0.2, 0.25) is 0 Å². The van der Waals surface area contributed by atoms with Crippen LogP contribution >= 0.6 is 0 Å². The van der Waals surface area contributed by atoms with Gasteiger partial charge in [0.05, 0.1) is 13.7 Å². The lowest BCUT2D eigenvalue weighted by Crippen LogP contribution is -2.23. The summed E-state index contributed by atoms with van der Waals surface area (Å²) in [5.74, 6) is 0.795. The molecule has 4 rings (SSSR count). The molecule has 1 amide bonds. The Balaban J connectivity index is 1.40. The molecule has 0 aliphatic rings. The predicted molar refractivity (Wildman–Crippen MR) is 99.4 cm³/mol. The number of methoxy groups -OCH3 is 1. The molecule has 9 heteroatoms. The van der Waals surface area contributed by atoms with Crippen molar-refractivity contribution in [2.75, 3.05) is 7.11 Å². The molecule has 2 aromatic heterocycles. The molecule has 4 aromatic rings. The van der Waals surface area contributed by atoms with Gasteiger partial charge in [0, 0.05) is 17.2 Å². The van der Waals surface area contributed by atoms with Crippen molar-refractivity contribution in [1.29, 1.82) is 0 Å². The maximum absolute atomic E-state index is 13.0. The SMILES string of the molecule is COc1cccc(-c2cc(C(=O)NCc3nc(-c4ccc(F)cc4)no3)no2)c1. The number of carbonyl (C=O) groups is 1. The molecular formula is C20H15FN4O4. The van der Waals surface area contributed by atoms with Crippen molar-refractivity contribution in [3.63, 3.8) is 0 Å². The number of rotatable bonds is 6. The summed E-state index contributed by atoms with van der Waals surface area (Å²) in [6.45, 7) is 0.00831. The van der Waals surface area contributed by atoms with Crippen LogP contribution in [0, 0.1) is 5.82 Å². The molecule has 8 nitrogen and oxygen atoms in total. The van der Waals surface area contributed by atoms with Gasteiger partial charge in [-0.1, -0.05) is 22.4 Å². The first-order valence-electron chi connectivity index (χ1n) is 8.60. The molecule has 2 aromatic carbocycles. The normalized spacial score (nSPS) is 10.7. The number of nitrogens with zero attached hydrogens (tertiary/aromatic N) is 3. The summed E-state index contributed by atoms with van der Waals surface area (Å²) < 4.78 is 28.5. The van der Waals surface area contributed by atoms with E-state index in [1.165, 1.54) is 30.3 Å². The number of hydrogen-bond acceptors (Lipinski definition) is 7. The van der Waals surface area contributed by atoms with Gasteiger partial charge in [-0.2, -0.15) is 4.98 Å². The van der Waals surface area contributed by atoms with Crippen molar-refractivity contribution < 1.29 is 23.0 Å². The third-order valence-corrected chi connectivity index (χ3v) is 4.07. The maximum Gasteiger partial charge on any atom is 0.273 e. The van der Waals surface area contributed by atoms with Crippen LogP contribution in [-0.4, -0.2) is 28.3 Å². The van der Waals surface area contributed by atoms with Crippen LogP contribution in [0.3, 0.4) is 0 Å². The minimum absolute atomic E-state index is 0.00831. The summed E-state index contributed by atoms with van der Waals surface area (Å²) in [5.41, 5.74) is 1.45. The van der Waals surface area contributed by atoms with E-state index in [9.17, 15) is 9.18 Å². The minimum atomic E-state index is -0.454. The Morgan fingerprint density at radius 1 is 1.07 bits per heavy atom. The number of hydrogen-bond donors (Lipinski definition) is 1. The molecule has 0 radical (unpaired) electrons. The largest absolute Gasteiger partial charge is 0.497 e. The average molecular weight is 394 g/mol. The number of benzene rings is 2. The maximum atomic E-state index is 13.0. The fourth-order valence-electron chi connectivity index (χ4n) is 2.58. The Kier molecular flexibility index (Phi) is 5.02. The van der Waals surface area contributed by atoms with E-state index in [0.717, 1.165) is 5.56 Å². The molecular weight excluding hydrogens is 379 g/mol. The highest BCUT2D eigenvalue weighted by Gasteiger charge is 2.16. The Hall–Kier alpha value is -4.01. The highest BCUT2D eigenvalue weighted by molar-refractivity contribution is 5.93. The van der Waals surface area contributed by atoms with Gasteiger partial charge in [0.25, 0.3) is 5.91 Å². The van der Waals surface area contributed by atoms with Gasteiger partial charge in [-0.25, -0.2) is 4.39 Å². The van der Waals surface area contributed by atoms with Crippen LogP contribution in [0.25, 0.3) is 22.7 Å². The van der Waals surface area contributed by atoms with Crippen LogP contribution in [0.4, 0.5) is 4.39 Å². The molecule has 0 aliphatic heterocycles. The van der Waals surface area contributed by atoms with Gasteiger partial charge in [-0.05, 0) is 36.4 Å². The number of ether oxygens (including phenoxy) is 1. The highest BCUT2D eigenvalue weighted by atomic mass is 19.1. The van der Waals surface area contributed by atoms with E-state index < -0.39 is 5.91 Å². The molecule has 0 saturated carbocycles. The molecule has 0 atom stereocenters.